The van der Waals surface area contributed by atoms with E-state index in [9.17, 15) is 9.18 Å². The highest BCUT2D eigenvalue weighted by Gasteiger charge is 2.27. The maximum atomic E-state index is 14.1. The zero-order chi connectivity index (χ0) is 19.8. The quantitative estimate of drug-likeness (QED) is 0.795. The van der Waals surface area contributed by atoms with E-state index in [4.69, 9.17) is 0 Å². The fourth-order valence-electron chi connectivity index (χ4n) is 3.98. The zero-order valence-electron chi connectivity index (χ0n) is 16.4. The molecule has 1 amide bonds. The van der Waals surface area contributed by atoms with Gasteiger partial charge in [-0.1, -0.05) is 6.07 Å². The normalized spacial score (nSPS) is 20.0. The number of carbonyl (C=O) groups is 1. The van der Waals surface area contributed by atoms with Gasteiger partial charge in [-0.2, -0.15) is 0 Å². The molecule has 1 saturated heterocycles. The Morgan fingerprint density at radius 1 is 1.29 bits per heavy atom. The lowest BCUT2D eigenvalue weighted by atomic mass is 10.1. The van der Waals surface area contributed by atoms with Crippen LogP contribution >= 0.6 is 0 Å². The summed E-state index contributed by atoms with van der Waals surface area (Å²) in [6, 6.07) is 11.4. The summed E-state index contributed by atoms with van der Waals surface area (Å²) in [6.45, 7) is 4.17. The molecule has 1 atom stereocenters. The highest BCUT2D eigenvalue weighted by atomic mass is 19.1. The van der Waals surface area contributed by atoms with Crippen molar-refractivity contribution >= 4 is 28.5 Å². The third-order valence-corrected chi connectivity index (χ3v) is 5.59. The molecular weight excluding hydrogens is 355 g/mol. The number of carbonyl (C=O) groups excluding carboxylic acids is 1. The maximum absolute atomic E-state index is 14.1. The van der Waals surface area contributed by atoms with E-state index in [1.165, 1.54) is 23.7 Å². The number of hydrogen-bond acceptors (Lipinski definition) is 4. The summed E-state index contributed by atoms with van der Waals surface area (Å²) < 4.78 is 14.1. The molecular formula is C22H25FN4O. The predicted molar refractivity (Wildman–Crippen MR) is 112 cm³/mol. The van der Waals surface area contributed by atoms with Gasteiger partial charge >= 0.3 is 0 Å². The van der Waals surface area contributed by atoms with Gasteiger partial charge in [-0.3, -0.25) is 4.79 Å². The molecule has 28 heavy (non-hydrogen) atoms. The largest absolute Gasteiger partial charge is 0.370 e. The van der Waals surface area contributed by atoms with Gasteiger partial charge in [0.05, 0.1) is 11.3 Å². The lowest BCUT2D eigenvalue weighted by molar-refractivity contribution is -0.110. The zero-order valence-corrected chi connectivity index (χ0v) is 16.4. The molecule has 0 aromatic heterocycles. The van der Waals surface area contributed by atoms with E-state index < -0.39 is 5.82 Å². The maximum Gasteiger partial charge on any atom is 0.257 e. The highest BCUT2D eigenvalue weighted by molar-refractivity contribution is 6.31. The Bertz CT molecular complexity index is 954. The third kappa shape index (κ3) is 3.36. The molecule has 146 valence electrons. The van der Waals surface area contributed by atoms with Crippen molar-refractivity contribution in [2.75, 3.05) is 42.7 Å². The van der Waals surface area contributed by atoms with Gasteiger partial charge < -0.3 is 20.4 Å². The lowest BCUT2D eigenvalue weighted by Crippen LogP contribution is -2.31. The number of aryl methyl sites for hydroxylation is 1. The van der Waals surface area contributed by atoms with Crippen molar-refractivity contribution in [2.24, 2.45) is 0 Å². The fourth-order valence-corrected chi connectivity index (χ4v) is 3.98. The van der Waals surface area contributed by atoms with Crippen molar-refractivity contribution in [1.29, 1.82) is 0 Å². The van der Waals surface area contributed by atoms with Gasteiger partial charge in [-0.15, -0.1) is 0 Å². The van der Waals surface area contributed by atoms with Gasteiger partial charge in [0.15, 0.2) is 0 Å². The Hall–Kier alpha value is -2.86. The number of amides is 1. The van der Waals surface area contributed by atoms with Crippen LogP contribution in [0, 0.1) is 12.7 Å². The fraction of sp³-hybridized carbons (Fsp3) is 0.318. The van der Waals surface area contributed by atoms with Crippen molar-refractivity contribution in [2.45, 2.75) is 19.4 Å². The van der Waals surface area contributed by atoms with Crippen LogP contribution in [0.25, 0.3) is 5.57 Å². The molecule has 5 nitrogen and oxygen atoms in total. The van der Waals surface area contributed by atoms with E-state index in [2.05, 4.69) is 53.6 Å². The average molecular weight is 380 g/mol. The third-order valence-electron chi connectivity index (χ3n) is 5.59. The van der Waals surface area contributed by atoms with E-state index in [0.717, 1.165) is 18.8 Å². The van der Waals surface area contributed by atoms with E-state index >= 15 is 0 Å². The second-order valence-corrected chi connectivity index (χ2v) is 7.67. The van der Waals surface area contributed by atoms with Crippen molar-refractivity contribution in [1.82, 2.24) is 4.90 Å². The molecule has 2 aromatic carbocycles. The first-order valence-corrected chi connectivity index (χ1v) is 9.53. The minimum atomic E-state index is -0.403. The number of nitrogens with zero attached hydrogens (tertiary/aromatic N) is 2. The van der Waals surface area contributed by atoms with Crippen LogP contribution < -0.4 is 15.5 Å². The Morgan fingerprint density at radius 3 is 2.82 bits per heavy atom. The van der Waals surface area contributed by atoms with Crippen molar-refractivity contribution in [3.63, 3.8) is 0 Å². The van der Waals surface area contributed by atoms with Crippen LogP contribution in [0.4, 0.5) is 21.5 Å². The summed E-state index contributed by atoms with van der Waals surface area (Å²) >= 11 is 0. The van der Waals surface area contributed by atoms with Crippen LogP contribution in [0.5, 0.6) is 0 Å². The number of halogens is 1. The van der Waals surface area contributed by atoms with E-state index in [-0.39, 0.29) is 5.91 Å². The second kappa shape index (κ2) is 7.28. The van der Waals surface area contributed by atoms with E-state index in [1.807, 2.05) is 6.07 Å². The number of likely N-dealkylation sites (N-methyl/N-ethyl adjacent to an activating group) is 1. The highest BCUT2D eigenvalue weighted by Crippen LogP contribution is 2.34. The van der Waals surface area contributed by atoms with Crippen LogP contribution in [0.2, 0.25) is 0 Å². The van der Waals surface area contributed by atoms with Crippen LogP contribution in [-0.2, 0) is 4.79 Å². The topological polar surface area (TPSA) is 47.6 Å². The molecule has 0 aliphatic carbocycles. The molecule has 2 N–H and O–H groups in total. The second-order valence-electron chi connectivity index (χ2n) is 7.67. The van der Waals surface area contributed by atoms with Gasteiger partial charge in [0.1, 0.15) is 5.82 Å². The summed E-state index contributed by atoms with van der Waals surface area (Å²) in [6.07, 6.45) is 2.75. The van der Waals surface area contributed by atoms with E-state index in [0.29, 0.717) is 22.9 Å². The molecule has 0 bridgehead atoms. The molecule has 0 radical (unpaired) electrons. The SMILES string of the molecule is Cc1cc(N/C=C2\C(=O)Nc3cccc(F)c32)ccc1N1CCC(N(C)C)C1. The summed E-state index contributed by atoms with van der Waals surface area (Å²) in [5.41, 5.74) is 4.41. The molecule has 0 spiro atoms. The first kappa shape index (κ1) is 18.5. The Labute approximate surface area is 164 Å². The standard InChI is InChI=1S/C22H25FN4O/c1-14-11-15(7-8-20(14)27-10-9-16(13-27)26(2)3)24-12-17-21-18(23)5-4-6-19(21)25-22(17)28/h4-8,11-12,16,24H,9-10,13H2,1-3H3,(H,25,28)/b17-12-. The molecule has 4 rings (SSSR count). The summed E-state index contributed by atoms with van der Waals surface area (Å²) in [5, 5.41) is 5.85. The number of fused-ring (bicyclic) bond motifs is 1. The van der Waals surface area contributed by atoms with Crippen LogP contribution in [0.15, 0.2) is 42.6 Å². The van der Waals surface area contributed by atoms with Crippen molar-refractivity contribution in [3.05, 3.63) is 59.5 Å². The molecule has 1 unspecified atom stereocenters. The summed E-state index contributed by atoms with van der Waals surface area (Å²) in [7, 11) is 4.25. The summed E-state index contributed by atoms with van der Waals surface area (Å²) in [5.74, 6) is -0.701. The van der Waals surface area contributed by atoms with Gasteiger partial charge in [0.25, 0.3) is 5.91 Å². The number of rotatable bonds is 4. The minimum absolute atomic E-state index is 0.298. The molecule has 6 heteroatoms. The van der Waals surface area contributed by atoms with E-state index in [1.54, 1.807) is 18.3 Å². The average Bonchev–Trinajstić information content (AvgIpc) is 3.25. The molecule has 2 aliphatic heterocycles. The Kier molecular flexibility index (Phi) is 4.81. The van der Waals surface area contributed by atoms with Gasteiger partial charge in [0.2, 0.25) is 0 Å². The van der Waals surface area contributed by atoms with Gasteiger partial charge in [-0.25, -0.2) is 4.39 Å². The minimum Gasteiger partial charge on any atom is -0.370 e. The molecule has 1 fully saturated rings. The number of nitrogens with one attached hydrogen (secondary N) is 2. The van der Waals surface area contributed by atoms with Crippen LogP contribution in [0.3, 0.4) is 0 Å². The molecule has 2 aromatic rings. The monoisotopic (exact) mass is 380 g/mol. The first-order valence-electron chi connectivity index (χ1n) is 9.53. The molecule has 0 saturated carbocycles. The Balaban J connectivity index is 1.52. The lowest BCUT2D eigenvalue weighted by Gasteiger charge is -2.23. The van der Waals surface area contributed by atoms with Gasteiger partial charge in [0, 0.05) is 42.3 Å². The molecule has 2 aliphatic rings. The summed E-state index contributed by atoms with van der Waals surface area (Å²) in [4.78, 5) is 16.9. The number of anilines is 3. The van der Waals surface area contributed by atoms with Crippen molar-refractivity contribution < 1.29 is 9.18 Å². The van der Waals surface area contributed by atoms with Gasteiger partial charge in [-0.05, 0) is 63.3 Å². The Morgan fingerprint density at radius 2 is 2.11 bits per heavy atom. The predicted octanol–water partition coefficient (Wildman–Crippen LogP) is 3.68. The number of hydrogen-bond donors (Lipinski definition) is 2. The molecule has 2 heterocycles. The number of benzene rings is 2. The smallest absolute Gasteiger partial charge is 0.257 e. The van der Waals surface area contributed by atoms with Crippen LogP contribution in [-0.4, -0.2) is 44.0 Å². The van der Waals surface area contributed by atoms with Crippen molar-refractivity contribution in [3.8, 4) is 0 Å². The van der Waals surface area contributed by atoms with Crippen LogP contribution in [0.1, 0.15) is 17.5 Å². The first-order chi connectivity index (χ1) is 13.4.